The van der Waals surface area contributed by atoms with Crippen LogP contribution in [0.15, 0.2) is 4.42 Å². The summed E-state index contributed by atoms with van der Waals surface area (Å²) in [4.78, 5) is 13.5. The molecule has 0 bridgehead atoms. The Kier molecular flexibility index (Phi) is 3.06. The van der Waals surface area contributed by atoms with Crippen LogP contribution in [0.5, 0.6) is 0 Å². The van der Waals surface area contributed by atoms with Crippen molar-refractivity contribution in [3.05, 3.63) is 11.8 Å². The number of hydrogen-bond acceptors (Lipinski definition) is 4. The van der Waals surface area contributed by atoms with Crippen molar-refractivity contribution >= 4 is 5.91 Å². The van der Waals surface area contributed by atoms with Crippen LogP contribution in [-0.4, -0.2) is 34.1 Å². The molecule has 1 aliphatic heterocycles. The largest absolute Gasteiger partial charge is 0.425 e. The van der Waals surface area contributed by atoms with E-state index >= 15 is 0 Å². The van der Waals surface area contributed by atoms with Crippen LogP contribution in [-0.2, 0) is 4.79 Å². The molecule has 1 saturated heterocycles. The zero-order valence-corrected chi connectivity index (χ0v) is 10.8. The molecule has 5 nitrogen and oxygen atoms in total. The van der Waals surface area contributed by atoms with Gasteiger partial charge in [0.1, 0.15) is 0 Å². The molecule has 0 aromatic carbocycles. The first kappa shape index (κ1) is 11.7. The highest BCUT2D eigenvalue weighted by molar-refractivity contribution is 5.75. The fourth-order valence-corrected chi connectivity index (χ4v) is 2.51. The predicted molar refractivity (Wildman–Crippen MR) is 65.1 cm³/mol. The number of carbonyl (C=O) groups excluding carboxylic acids is 1. The van der Waals surface area contributed by atoms with Gasteiger partial charge in [-0.3, -0.25) is 4.79 Å². The third kappa shape index (κ3) is 2.26. The molecule has 0 spiro atoms. The van der Waals surface area contributed by atoms with Gasteiger partial charge in [-0.1, -0.05) is 6.92 Å². The van der Waals surface area contributed by atoms with Gasteiger partial charge in [0.15, 0.2) is 0 Å². The highest BCUT2D eigenvalue weighted by Crippen LogP contribution is 2.40. The van der Waals surface area contributed by atoms with Crippen molar-refractivity contribution in [1.29, 1.82) is 0 Å². The number of nitrogens with zero attached hydrogens (tertiary/aromatic N) is 3. The topological polar surface area (TPSA) is 59.2 Å². The van der Waals surface area contributed by atoms with Gasteiger partial charge < -0.3 is 9.32 Å². The Labute approximate surface area is 107 Å². The van der Waals surface area contributed by atoms with E-state index in [0.717, 1.165) is 37.7 Å². The molecule has 0 N–H and O–H groups in total. The lowest BCUT2D eigenvalue weighted by Gasteiger charge is -2.30. The van der Waals surface area contributed by atoms with E-state index in [1.54, 1.807) is 0 Å². The van der Waals surface area contributed by atoms with Gasteiger partial charge in [-0.05, 0) is 25.7 Å². The molecule has 5 heteroatoms. The van der Waals surface area contributed by atoms with E-state index in [2.05, 4.69) is 10.2 Å². The zero-order valence-electron chi connectivity index (χ0n) is 10.8. The first-order chi connectivity index (χ1) is 8.78. The van der Waals surface area contributed by atoms with E-state index in [-0.39, 0.29) is 5.91 Å². The van der Waals surface area contributed by atoms with Crippen LogP contribution >= 0.6 is 0 Å². The summed E-state index contributed by atoms with van der Waals surface area (Å²) in [7, 11) is 0. The van der Waals surface area contributed by atoms with Crippen LogP contribution in [0.1, 0.15) is 62.6 Å². The SMILES string of the molecule is CCC(=O)N1CCC(c2nnc(C3CC3)o2)CC1. The van der Waals surface area contributed by atoms with Crippen LogP contribution in [0.3, 0.4) is 0 Å². The van der Waals surface area contributed by atoms with E-state index in [9.17, 15) is 4.79 Å². The minimum Gasteiger partial charge on any atom is -0.425 e. The zero-order chi connectivity index (χ0) is 12.5. The minimum atomic E-state index is 0.248. The van der Waals surface area contributed by atoms with Crippen molar-refractivity contribution in [3.8, 4) is 0 Å². The Balaban J connectivity index is 1.59. The second-order valence-electron chi connectivity index (χ2n) is 5.26. The lowest BCUT2D eigenvalue weighted by molar-refractivity contribution is -0.131. The summed E-state index contributed by atoms with van der Waals surface area (Å²) in [5.41, 5.74) is 0. The maximum absolute atomic E-state index is 11.6. The Hall–Kier alpha value is -1.39. The molecule has 1 amide bonds. The standard InChI is InChI=1S/C13H19N3O2/c1-2-11(17)16-7-5-10(6-8-16)13-15-14-12(18-13)9-3-4-9/h9-10H,2-8H2,1H3. The minimum absolute atomic E-state index is 0.248. The van der Waals surface area contributed by atoms with Crippen molar-refractivity contribution in [2.45, 2.75) is 50.9 Å². The van der Waals surface area contributed by atoms with Gasteiger partial charge in [0.25, 0.3) is 0 Å². The average molecular weight is 249 g/mol. The number of aromatic nitrogens is 2. The molecule has 98 valence electrons. The molecule has 1 aromatic rings. The van der Waals surface area contributed by atoms with Crippen LogP contribution in [0.2, 0.25) is 0 Å². The molecule has 2 heterocycles. The van der Waals surface area contributed by atoms with Gasteiger partial charge >= 0.3 is 0 Å². The Morgan fingerprint density at radius 2 is 1.72 bits per heavy atom. The van der Waals surface area contributed by atoms with Gasteiger partial charge in [-0.15, -0.1) is 10.2 Å². The summed E-state index contributed by atoms with van der Waals surface area (Å²) < 4.78 is 5.74. The van der Waals surface area contributed by atoms with Crippen molar-refractivity contribution < 1.29 is 9.21 Å². The predicted octanol–water partition coefficient (Wildman–Crippen LogP) is 2.06. The van der Waals surface area contributed by atoms with Crippen molar-refractivity contribution in [1.82, 2.24) is 15.1 Å². The third-order valence-corrected chi connectivity index (χ3v) is 3.88. The lowest BCUT2D eigenvalue weighted by Crippen LogP contribution is -2.37. The molecule has 0 atom stereocenters. The summed E-state index contributed by atoms with van der Waals surface area (Å²) >= 11 is 0. The van der Waals surface area contributed by atoms with Crippen molar-refractivity contribution in [2.24, 2.45) is 0 Å². The maximum atomic E-state index is 11.6. The molecule has 2 aliphatic rings. The van der Waals surface area contributed by atoms with Gasteiger partial charge in [-0.2, -0.15) is 0 Å². The first-order valence-electron chi connectivity index (χ1n) is 6.89. The van der Waals surface area contributed by atoms with Crippen molar-refractivity contribution in [2.75, 3.05) is 13.1 Å². The number of hydrogen-bond donors (Lipinski definition) is 0. The molecule has 1 aliphatic carbocycles. The van der Waals surface area contributed by atoms with Gasteiger partial charge in [0.05, 0.1) is 0 Å². The summed E-state index contributed by atoms with van der Waals surface area (Å²) in [6.45, 7) is 3.55. The summed E-state index contributed by atoms with van der Waals surface area (Å²) in [6.07, 6.45) is 4.85. The average Bonchev–Trinajstić information content (AvgIpc) is 3.16. The maximum Gasteiger partial charge on any atom is 0.222 e. The number of amides is 1. The highest BCUT2D eigenvalue weighted by atomic mass is 16.4. The molecule has 1 saturated carbocycles. The van der Waals surface area contributed by atoms with Crippen LogP contribution in [0.4, 0.5) is 0 Å². The van der Waals surface area contributed by atoms with Crippen LogP contribution in [0, 0.1) is 0 Å². The highest BCUT2D eigenvalue weighted by Gasteiger charge is 2.32. The monoisotopic (exact) mass is 249 g/mol. The Morgan fingerprint density at radius 1 is 1.17 bits per heavy atom. The number of piperidine rings is 1. The fraction of sp³-hybridized carbons (Fsp3) is 0.769. The molecule has 2 fully saturated rings. The summed E-state index contributed by atoms with van der Waals surface area (Å²) in [5, 5.41) is 8.30. The number of rotatable bonds is 3. The van der Waals surface area contributed by atoms with E-state index in [4.69, 9.17) is 4.42 Å². The van der Waals surface area contributed by atoms with E-state index in [0.29, 0.717) is 18.3 Å². The number of likely N-dealkylation sites (tertiary alicyclic amines) is 1. The lowest BCUT2D eigenvalue weighted by atomic mass is 9.96. The third-order valence-electron chi connectivity index (χ3n) is 3.88. The van der Waals surface area contributed by atoms with E-state index in [1.165, 1.54) is 12.8 Å². The molecule has 0 unspecified atom stereocenters. The molecule has 3 rings (SSSR count). The van der Waals surface area contributed by atoms with Gasteiger partial charge in [0, 0.05) is 31.3 Å². The van der Waals surface area contributed by atoms with E-state index < -0.39 is 0 Å². The Morgan fingerprint density at radius 3 is 2.22 bits per heavy atom. The summed E-state index contributed by atoms with van der Waals surface area (Å²) in [5.74, 6) is 2.70. The molecular formula is C13H19N3O2. The van der Waals surface area contributed by atoms with Crippen LogP contribution < -0.4 is 0 Å². The van der Waals surface area contributed by atoms with Gasteiger partial charge in [-0.25, -0.2) is 0 Å². The normalized spacial score (nSPS) is 21.3. The smallest absolute Gasteiger partial charge is 0.222 e. The van der Waals surface area contributed by atoms with Crippen LogP contribution in [0.25, 0.3) is 0 Å². The quantitative estimate of drug-likeness (QED) is 0.822. The molecule has 18 heavy (non-hydrogen) atoms. The second-order valence-corrected chi connectivity index (χ2v) is 5.26. The fourth-order valence-electron chi connectivity index (χ4n) is 2.51. The molecule has 0 radical (unpaired) electrons. The number of carbonyl (C=O) groups is 1. The second kappa shape index (κ2) is 4.71. The summed E-state index contributed by atoms with van der Waals surface area (Å²) in [6, 6.07) is 0. The van der Waals surface area contributed by atoms with E-state index in [1.807, 2.05) is 11.8 Å². The molecule has 1 aromatic heterocycles. The first-order valence-corrected chi connectivity index (χ1v) is 6.89. The molecular weight excluding hydrogens is 230 g/mol. The van der Waals surface area contributed by atoms with Gasteiger partial charge in [0.2, 0.25) is 17.7 Å². The van der Waals surface area contributed by atoms with Crippen molar-refractivity contribution in [3.63, 3.8) is 0 Å². The Bertz CT molecular complexity index is 431.